The topological polar surface area (TPSA) is 103 Å². The molecule has 8 heteroatoms. The van der Waals surface area contributed by atoms with Gasteiger partial charge in [-0.05, 0) is 18.2 Å². The molecule has 0 heterocycles. The van der Waals surface area contributed by atoms with Gasteiger partial charge in [0.15, 0.2) is 18.1 Å². The molecule has 0 fully saturated rings. The van der Waals surface area contributed by atoms with Crippen molar-refractivity contribution in [1.82, 2.24) is 5.32 Å². The van der Waals surface area contributed by atoms with Gasteiger partial charge in [0, 0.05) is 19.2 Å². The van der Waals surface area contributed by atoms with Gasteiger partial charge in [0.05, 0.1) is 12.0 Å². The third kappa shape index (κ3) is 5.38. The zero-order valence-corrected chi connectivity index (χ0v) is 13.7. The molecule has 25 heavy (non-hydrogen) atoms. The van der Waals surface area contributed by atoms with Gasteiger partial charge in [-0.25, -0.2) is 0 Å². The van der Waals surface area contributed by atoms with Gasteiger partial charge < -0.3 is 20.1 Å². The predicted molar refractivity (Wildman–Crippen MR) is 93.1 cm³/mol. The van der Waals surface area contributed by atoms with Crippen LogP contribution in [0.25, 0.3) is 0 Å². The van der Waals surface area contributed by atoms with Crippen molar-refractivity contribution in [2.75, 3.05) is 32.1 Å². The Bertz CT molecular complexity index is 736. The van der Waals surface area contributed by atoms with Crippen LogP contribution in [0.5, 0.6) is 11.5 Å². The van der Waals surface area contributed by atoms with Crippen molar-refractivity contribution >= 4 is 17.3 Å². The predicted octanol–water partition coefficient (Wildman–Crippen LogP) is 2.21. The van der Waals surface area contributed by atoms with Crippen LogP contribution in [0.3, 0.4) is 0 Å². The van der Waals surface area contributed by atoms with E-state index in [2.05, 4.69) is 10.6 Å². The second-order valence-electron chi connectivity index (χ2n) is 4.99. The van der Waals surface area contributed by atoms with Gasteiger partial charge in [-0.15, -0.1) is 0 Å². The molecule has 0 bridgehead atoms. The number of methoxy groups -OCH3 is 1. The summed E-state index contributed by atoms with van der Waals surface area (Å²) in [4.78, 5) is 22.2. The van der Waals surface area contributed by atoms with Crippen LogP contribution >= 0.6 is 0 Å². The minimum atomic E-state index is -0.456. The first-order valence-electron chi connectivity index (χ1n) is 7.61. The molecule has 0 spiro atoms. The first-order valence-corrected chi connectivity index (χ1v) is 7.61. The standard InChI is InChI=1S/C17H19N3O5/c1-24-15-8-4-5-9-16(15)25-12-17(21)19-11-10-18-13-6-2-3-7-14(13)20(22)23/h2-9,18H,10-12H2,1H3,(H,19,21). The van der Waals surface area contributed by atoms with Gasteiger partial charge in [-0.3, -0.25) is 14.9 Å². The van der Waals surface area contributed by atoms with Gasteiger partial charge in [-0.1, -0.05) is 24.3 Å². The van der Waals surface area contributed by atoms with E-state index in [1.807, 2.05) is 0 Å². The Balaban J connectivity index is 1.73. The van der Waals surface area contributed by atoms with Gasteiger partial charge in [0.2, 0.25) is 0 Å². The zero-order valence-electron chi connectivity index (χ0n) is 13.7. The highest BCUT2D eigenvalue weighted by atomic mass is 16.6. The Labute approximate surface area is 144 Å². The molecule has 8 nitrogen and oxygen atoms in total. The molecule has 0 unspecified atom stereocenters. The number of anilines is 1. The van der Waals surface area contributed by atoms with Crippen LogP contribution in [0.4, 0.5) is 11.4 Å². The highest BCUT2D eigenvalue weighted by Gasteiger charge is 2.11. The average Bonchev–Trinajstić information content (AvgIpc) is 2.64. The number of rotatable bonds is 9. The monoisotopic (exact) mass is 345 g/mol. The summed E-state index contributed by atoms with van der Waals surface area (Å²) in [5, 5.41) is 16.5. The number of ether oxygens (including phenoxy) is 2. The van der Waals surface area contributed by atoms with Gasteiger partial charge in [-0.2, -0.15) is 0 Å². The SMILES string of the molecule is COc1ccccc1OCC(=O)NCCNc1ccccc1[N+](=O)[O-]. The van der Waals surface area contributed by atoms with Crippen molar-refractivity contribution in [3.05, 3.63) is 58.6 Å². The number of nitrogens with one attached hydrogen (secondary N) is 2. The lowest BCUT2D eigenvalue weighted by Gasteiger charge is -2.11. The number of hydrogen-bond donors (Lipinski definition) is 2. The van der Waals surface area contributed by atoms with Crippen LogP contribution < -0.4 is 20.1 Å². The van der Waals surface area contributed by atoms with E-state index in [1.54, 1.807) is 42.5 Å². The summed E-state index contributed by atoms with van der Waals surface area (Å²) in [5.74, 6) is 0.738. The number of carbonyl (C=O) groups excluding carboxylic acids is 1. The van der Waals surface area contributed by atoms with Crippen molar-refractivity contribution in [2.24, 2.45) is 0 Å². The average molecular weight is 345 g/mol. The Morgan fingerprint density at radius 3 is 2.48 bits per heavy atom. The third-order valence-corrected chi connectivity index (χ3v) is 3.29. The maximum absolute atomic E-state index is 11.8. The van der Waals surface area contributed by atoms with E-state index < -0.39 is 4.92 Å². The van der Waals surface area contributed by atoms with Crippen LogP contribution in [0.2, 0.25) is 0 Å². The molecule has 2 aromatic rings. The number of nitrogens with zero attached hydrogens (tertiary/aromatic N) is 1. The molecule has 0 saturated carbocycles. The number of amides is 1. The molecule has 0 radical (unpaired) electrons. The molecule has 2 rings (SSSR count). The molecule has 0 aliphatic carbocycles. The van der Waals surface area contributed by atoms with Gasteiger partial charge >= 0.3 is 0 Å². The second kappa shape index (κ2) is 9.11. The van der Waals surface area contributed by atoms with Crippen LogP contribution in [-0.2, 0) is 4.79 Å². The molecule has 2 N–H and O–H groups in total. The molecular formula is C17H19N3O5. The molecule has 0 aliphatic rings. The van der Waals surface area contributed by atoms with E-state index in [-0.39, 0.29) is 18.2 Å². The Morgan fingerprint density at radius 2 is 1.76 bits per heavy atom. The van der Waals surface area contributed by atoms with Crippen LogP contribution in [0.1, 0.15) is 0 Å². The summed E-state index contributed by atoms with van der Waals surface area (Å²) in [6.07, 6.45) is 0. The van der Waals surface area contributed by atoms with Gasteiger partial charge in [0.1, 0.15) is 5.69 Å². The highest BCUT2D eigenvalue weighted by molar-refractivity contribution is 5.77. The molecule has 132 valence electrons. The number of hydrogen-bond acceptors (Lipinski definition) is 6. The van der Waals surface area contributed by atoms with Gasteiger partial charge in [0.25, 0.3) is 11.6 Å². The lowest BCUT2D eigenvalue weighted by molar-refractivity contribution is -0.384. The fourth-order valence-electron chi connectivity index (χ4n) is 2.11. The minimum Gasteiger partial charge on any atom is -0.493 e. The summed E-state index contributed by atoms with van der Waals surface area (Å²) >= 11 is 0. The zero-order chi connectivity index (χ0) is 18.1. The number of nitro groups is 1. The van der Waals surface area contributed by atoms with Crippen LogP contribution in [0.15, 0.2) is 48.5 Å². The molecule has 2 aromatic carbocycles. The van der Waals surface area contributed by atoms with E-state index in [0.717, 1.165) is 0 Å². The maximum Gasteiger partial charge on any atom is 0.292 e. The van der Waals surface area contributed by atoms with Crippen molar-refractivity contribution in [3.63, 3.8) is 0 Å². The summed E-state index contributed by atoms with van der Waals surface area (Å²) < 4.78 is 10.5. The van der Waals surface area contributed by atoms with Crippen molar-refractivity contribution in [1.29, 1.82) is 0 Å². The fraction of sp³-hybridized carbons (Fsp3) is 0.235. The maximum atomic E-state index is 11.8. The molecule has 0 aromatic heterocycles. The largest absolute Gasteiger partial charge is 0.493 e. The first kappa shape index (κ1) is 18.1. The number of para-hydroxylation sites is 4. The molecule has 0 atom stereocenters. The number of nitro benzene ring substituents is 1. The molecular weight excluding hydrogens is 326 g/mol. The van der Waals surface area contributed by atoms with E-state index in [9.17, 15) is 14.9 Å². The van der Waals surface area contributed by atoms with Crippen LogP contribution in [-0.4, -0.2) is 37.6 Å². The lowest BCUT2D eigenvalue weighted by Crippen LogP contribution is -2.32. The summed E-state index contributed by atoms with van der Waals surface area (Å²) in [7, 11) is 1.52. The minimum absolute atomic E-state index is 0.00617. The van der Waals surface area contributed by atoms with Crippen molar-refractivity contribution < 1.29 is 19.2 Å². The Hall–Kier alpha value is -3.29. The first-order chi connectivity index (χ1) is 12.1. The summed E-state index contributed by atoms with van der Waals surface area (Å²) in [6.45, 7) is 0.511. The number of carbonyl (C=O) groups is 1. The Morgan fingerprint density at radius 1 is 1.08 bits per heavy atom. The smallest absolute Gasteiger partial charge is 0.292 e. The summed E-state index contributed by atoms with van der Waals surface area (Å²) in [5.41, 5.74) is 0.403. The quantitative estimate of drug-likeness (QED) is 0.410. The third-order valence-electron chi connectivity index (χ3n) is 3.29. The number of benzene rings is 2. The van der Waals surface area contributed by atoms with Crippen molar-refractivity contribution in [2.45, 2.75) is 0 Å². The Kier molecular flexibility index (Phi) is 6.58. The van der Waals surface area contributed by atoms with Crippen molar-refractivity contribution in [3.8, 4) is 11.5 Å². The van der Waals surface area contributed by atoms with E-state index >= 15 is 0 Å². The highest BCUT2D eigenvalue weighted by Crippen LogP contribution is 2.25. The molecule has 0 aliphatic heterocycles. The molecule has 1 amide bonds. The summed E-state index contributed by atoms with van der Waals surface area (Å²) in [6, 6.07) is 13.4. The lowest BCUT2D eigenvalue weighted by atomic mass is 10.2. The van der Waals surface area contributed by atoms with E-state index in [0.29, 0.717) is 30.3 Å². The van der Waals surface area contributed by atoms with Crippen LogP contribution in [0, 0.1) is 10.1 Å². The second-order valence-corrected chi connectivity index (χ2v) is 4.99. The van der Waals surface area contributed by atoms with E-state index in [4.69, 9.17) is 9.47 Å². The fourth-order valence-corrected chi connectivity index (χ4v) is 2.11. The molecule has 0 saturated heterocycles. The normalized spacial score (nSPS) is 9.96. The van der Waals surface area contributed by atoms with E-state index in [1.165, 1.54) is 13.2 Å².